The highest BCUT2D eigenvalue weighted by molar-refractivity contribution is 14.1. The number of nitrogens with zero attached hydrogens (tertiary/aromatic N) is 2. The van der Waals surface area contributed by atoms with Crippen molar-refractivity contribution in [2.45, 2.75) is 12.5 Å². The predicted octanol–water partition coefficient (Wildman–Crippen LogP) is 0.208. The van der Waals surface area contributed by atoms with Crippen molar-refractivity contribution < 1.29 is 8.42 Å². The molecule has 82 valence electrons. The third-order valence-electron chi connectivity index (χ3n) is 2.35. The first-order valence-electron chi connectivity index (χ1n) is 4.43. The van der Waals surface area contributed by atoms with Crippen molar-refractivity contribution in [2.24, 2.45) is 0 Å². The maximum Gasteiger partial charge on any atom is 0.268 e. The van der Waals surface area contributed by atoms with E-state index >= 15 is 0 Å². The molecular weight excluding hydrogens is 331 g/mol. The lowest BCUT2D eigenvalue weighted by molar-refractivity contribution is 0.473. The van der Waals surface area contributed by atoms with Crippen LogP contribution < -0.4 is 5.56 Å². The molecule has 15 heavy (non-hydrogen) atoms. The Kier molecular flexibility index (Phi) is 2.84. The first-order chi connectivity index (χ1) is 6.98. The Balaban J connectivity index is 2.36. The SMILES string of the molecule is O=c1cc(I)cnn1C1CCS(=O)(=O)C1. The lowest BCUT2D eigenvalue weighted by atomic mass is 10.3. The summed E-state index contributed by atoms with van der Waals surface area (Å²) in [6.45, 7) is 0. The van der Waals surface area contributed by atoms with Crippen LogP contribution >= 0.6 is 22.6 Å². The molecule has 1 saturated heterocycles. The zero-order valence-electron chi connectivity index (χ0n) is 7.76. The zero-order chi connectivity index (χ0) is 11.1. The van der Waals surface area contributed by atoms with Crippen molar-refractivity contribution in [2.75, 3.05) is 11.5 Å². The van der Waals surface area contributed by atoms with E-state index in [-0.39, 0.29) is 23.1 Å². The van der Waals surface area contributed by atoms with Gasteiger partial charge in [-0.25, -0.2) is 13.1 Å². The molecule has 0 bridgehead atoms. The molecule has 1 atom stereocenters. The molecule has 0 saturated carbocycles. The fraction of sp³-hybridized carbons (Fsp3) is 0.500. The summed E-state index contributed by atoms with van der Waals surface area (Å²) in [5.74, 6) is 0.179. The Labute approximate surface area is 101 Å². The van der Waals surface area contributed by atoms with Crippen molar-refractivity contribution >= 4 is 32.4 Å². The number of rotatable bonds is 1. The molecule has 1 aliphatic heterocycles. The van der Waals surface area contributed by atoms with E-state index in [0.29, 0.717) is 6.42 Å². The zero-order valence-corrected chi connectivity index (χ0v) is 10.7. The molecule has 1 fully saturated rings. The Bertz CT molecular complexity index is 537. The Morgan fingerprint density at radius 1 is 1.53 bits per heavy atom. The van der Waals surface area contributed by atoms with Gasteiger partial charge < -0.3 is 0 Å². The molecule has 0 aliphatic carbocycles. The van der Waals surface area contributed by atoms with Crippen molar-refractivity contribution in [3.05, 3.63) is 26.2 Å². The number of hydrogen-bond acceptors (Lipinski definition) is 4. The van der Waals surface area contributed by atoms with E-state index in [2.05, 4.69) is 5.10 Å². The molecule has 5 nitrogen and oxygen atoms in total. The maximum absolute atomic E-state index is 11.5. The van der Waals surface area contributed by atoms with Crippen LogP contribution in [0.3, 0.4) is 0 Å². The summed E-state index contributed by atoms with van der Waals surface area (Å²) in [5.41, 5.74) is -0.232. The molecule has 0 radical (unpaired) electrons. The molecule has 0 spiro atoms. The smallest absolute Gasteiger partial charge is 0.268 e. The first-order valence-corrected chi connectivity index (χ1v) is 7.33. The van der Waals surface area contributed by atoms with Crippen LogP contribution in [0.25, 0.3) is 0 Å². The summed E-state index contributed by atoms with van der Waals surface area (Å²) >= 11 is 2.00. The normalized spacial score (nSPS) is 24.2. The topological polar surface area (TPSA) is 69.0 Å². The minimum atomic E-state index is -2.97. The van der Waals surface area contributed by atoms with E-state index in [4.69, 9.17) is 0 Å². The molecule has 1 aliphatic rings. The Hall–Kier alpha value is -0.440. The highest BCUT2D eigenvalue weighted by Crippen LogP contribution is 2.21. The lowest BCUT2D eigenvalue weighted by Crippen LogP contribution is -2.27. The van der Waals surface area contributed by atoms with Gasteiger partial charge in [-0.2, -0.15) is 5.10 Å². The second kappa shape index (κ2) is 3.85. The van der Waals surface area contributed by atoms with Gasteiger partial charge in [-0.15, -0.1) is 0 Å². The lowest BCUT2D eigenvalue weighted by Gasteiger charge is -2.09. The van der Waals surface area contributed by atoms with Gasteiger partial charge in [0.25, 0.3) is 5.56 Å². The second-order valence-electron chi connectivity index (χ2n) is 3.51. The Morgan fingerprint density at radius 2 is 2.27 bits per heavy atom. The monoisotopic (exact) mass is 340 g/mol. The highest BCUT2D eigenvalue weighted by atomic mass is 127. The van der Waals surface area contributed by atoms with Gasteiger partial charge in [0.2, 0.25) is 0 Å². The van der Waals surface area contributed by atoms with Crippen LogP contribution in [0.4, 0.5) is 0 Å². The average Bonchev–Trinajstić information content (AvgIpc) is 2.46. The van der Waals surface area contributed by atoms with E-state index < -0.39 is 9.84 Å². The summed E-state index contributed by atoms with van der Waals surface area (Å²) in [6.07, 6.45) is 2.04. The van der Waals surface area contributed by atoms with Gasteiger partial charge in [0, 0.05) is 9.64 Å². The summed E-state index contributed by atoms with van der Waals surface area (Å²) < 4.78 is 24.5. The van der Waals surface area contributed by atoms with Crippen molar-refractivity contribution in [1.29, 1.82) is 0 Å². The largest absolute Gasteiger partial charge is 0.268 e. The molecule has 0 N–H and O–H groups in total. The summed E-state index contributed by atoms with van der Waals surface area (Å²) in [5, 5.41) is 3.96. The van der Waals surface area contributed by atoms with Gasteiger partial charge >= 0.3 is 0 Å². The molecule has 7 heteroatoms. The van der Waals surface area contributed by atoms with Crippen LogP contribution in [0, 0.1) is 3.57 Å². The summed E-state index contributed by atoms with van der Waals surface area (Å²) in [6, 6.07) is 1.16. The van der Waals surface area contributed by atoms with Crippen molar-refractivity contribution in [3.63, 3.8) is 0 Å². The number of halogens is 1. The van der Waals surface area contributed by atoms with Gasteiger partial charge in [-0.3, -0.25) is 4.79 Å². The van der Waals surface area contributed by atoms with E-state index in [1.54, 1.807) is 6.20 Å². The van der Waals surface area contributed by atoms with Crippen molar-refractivity contribution in [3.8, 4) is 0 Å². The minimum Gasteiger partial charge on any atom is -0.268 e. The fourth-order valence-corrected chi connectivity index (χ4v) is 3.72. The van der Waals surface area contributed by atoms with E-state index in [1.807, 2.05) is 22.6 Å². The van der Waals surface area contributed by atoms with Crippen LogP contribution in [0.15, 0.2) is 17.1 Å². The Morgan fingerprint density at radius 3 is 2.80 bits per heavy atom. The third kappa shape index (κ3) is 2.39. The molecule has 0 amide bonds. The fourth-order valence-electron chi connectivity index (χ4n) is 1.64. The second-order valence-corrected chi connectivity index (χ2v) is 6.99. The number of sulfone groups is 1. The van der Waals surface area contributed by atoms with Gasteiger partial charge in [-0.1, -0.05) is 0 Å². The van der Waals surface area contributed by atoms with Crippen molar-refractivity contribution in [1.82, 2.24) is 9.78 Å². The molecule has 1 unspecified atom stereocenters. The van der Waals surface area contributed by atoms with Crippen LogP contribution in [-0.4, -0.2) is 29.7 Å². The van der Waals surface area contributed by atoms with Gasteiger partial charge in [0.1, 0.15) is 0 Å². The highest BCUT2D eigenvalue weighted by Gasteiger charge is 2.30. The molecule has 2 rings (SSSR count). The average molecular weight is 340 g/mol. The van der Waals surface area contributed by atoms with Gasteiger partial charge in [-0.05, 0) is 29.0 Å². The van der Waals surface area contributed by atoms with E-state index in [9.17, 15) is 13.2 Å². The van der Waals surface area contributed by atoms with E-state index in [0.717, 1.165) is 3.57 Å². The molecule has 2 heterocycles. The molecular formula is C8H9IN2O3S. The quantitative estimate of drug-likeness (QED) is 0.686. The molecule has 1 aromatic heterocycles. The van der Waals surface area contributed by atoms with Crippen LogP contribution in [-0.2, 0) is 9.84 Å². The number of aromatic nitrogens is 2. The predicted molar refractivity (Wildman–Crippen MR) is 63.5 cm³/mol. The molecule has 0 aromatic carbocycles. The van der Waals surface area contributed by atoms with Gasteiger partial charge in [0.15, 0.2) is 9.84 Å². The number of hydrogen-bond donors (Lipinski definition) is 0. The minimum absolute atomic E-state index is 0.0283. The standard InChI is InChI=1S/C8H9IN2O3S/c9-6-3-8(12)11(10-4-6)7-1-2-15(13,14)5-7/h3-4,7H,1-2,5H2. The van der Waals surface area contributed by atoms with Crippen LogP contribution in [0.5, 0.6) is 0 Å². The van der Waals surface area contributed by atoms with Crippen LogP contribution in [0.2, 0.25) is 0 Å². The third-order valence-corrected chi connectivity index (χ3v) is 4.69. The van der Waals surface area contributed by atoms with Crippen LogP contribution in [0.1, 0.15) is 12.5 Å². The maximum atomic E-state index is 11.5. The van der Waals surface area contributed by atoms with Gasteiger partial charge in [0.05, 0.1) is 23.7 Å². The molecule has 1 aromatic rings. The summed E-state index contributed by atoms with van der Waals surface area (Å²) in [4.78, 5) is 11.5. The summed E-state index contributed by atoms with van der Waals surface area (Å²) in [7, 11) is -2.97. The first kappa shape index (κ1) is 11.1. The van der Waals surface area contributed by atoms with E-state index in [1.165, 1.54) is 10.7 Å².